The second kappa shape index (κ2) is 8.86. The first kappa shape index (κ1) is 16.9. The van der Waals surface area contributed by atoms with Crippen molar-refractivity contribution in [1.82, 2.24) is 6.15 Å². The van der Waals surface area contributed by atoms with Crippen LogP contribution in [0.3, 0.4) is 0 Å². The molecule has 0 rings (SSSR count). The van der Waals surface area contributed by atoms with E-state index in [1.54, 1.807) is 0 Å². The Balaban J connectivity index is -0.0000000450. The quantitative estimate of drug-likeness (QED) is 0.428. The Morgan fingerprint density at radius 2 is 1.33 bits per heavy atom. The predicted molar refractivity (Wildman–Crippen MR) is 10.4 cm³/mol. The van der Waals surface area contributed by atoms with Crippen molar-refractivity contribution in [1.29, 1.82) is 0 Å². The van der Waals surface area contributed by atoms with Crippen LogP contribution in [0, 0.1) is 0 Å². The minimum Gasteiger partial charge on any atom is -0.652 e. The van der Waals surface area contributed by atoms with Crippen molar-refractivity contribution in [2.75, 3.05) is 0 Å². The number of hydrogen-bond acceptors (Lipinski definition) is 4. The molecule has 40 valence electrons. The summed E-state index contributed by atoms with van der Waals surface area (Å²) in [7, 11) is 0. The number of rotatable bonds is 0. The van der Waals surface area contributed by atoms with E-state index >= 15 is 0 Å². The summed E-state index contributed by atoms with van der Waals surface area (Å²) in [5, 5.41) is 16.7. The summed E-state index contributed by atoms with van der Waals surface area (Å²) >= 11 is 0. The minimum atomic E-state index is -2.33. The minimum absolute atomic E-state index is 0. The molecule has 0 bridgehead atoms. The van der Waals surface area contributed by atoms with Crippen LogP contribution in [0.15, 0.2) is 0 Å². The van der Waals surface area contributed by atoms with Crippen LogP contribution in [0.1, 0.15) is 0 Å². The molecule has 0 aliphatic carbocycles. The van der Waals surface area contributed by atoms with Crippen LogP contribution < -0.4 is 16.4 Å². The fourth-order valence-corrected chi connectivity index (χ4v) is 0. The molecule has 0 radical (unpaired) electrons. The molecule has 0 aliphatic rings. The van der Waals surface area contributed by atoms with Crippen molar-refractivity contribution >= 4 is 6.16 Å². The molecule has 5 heteroatoms. The molecule has 0 spiro atoms. The molecule has 0 aliphatic heterocycles. The first-order valence-corrected chi connectivity index (χ1v) is 0.612. The molecular weight excluding hydrogens is 180 g/mol. The van der Waals surface area contributed by atoms with Crippen molar-refractivity contribution < 1.29 is 35.4 Å². The molecule has 0 fully saturated rings. The zero-order valence-corrected chi connectivity index (χ0v) is 4.30. The fourth-order valence-electron chi connectivity index (χ4n) is 0. The average molecular weight is 183 g/mol. The van der Waals surface area contributed by atoms with Gasteiger partial charge in [0.25, 0.3) is 0 Å². The predicted octanol–water partition coefficient (Wildman–Crippen LogP) is -2.29. The van der Waals surface area contributed by atoms with Crippen molar-refractivity contribution in [2.45, 2.75) is 0 Å². The molecule has 4 nitrogen and oxygen atoms in total. The summed E-state index contributed by atoms with van der Waals surface area (Å²) < 4.78 is 0. The Kier molecular flexibility index (Phi) is 24.9. The van der Waals surface area contributed by atoms with Gasteiger partial charge in [-0.15, -0.1) is 0 Å². The summed E-state index contributed by atoms with van der Waals surface area (Å²) in [6.07, 6.45) is -2.33. The number of carbonyl (C=O) groups excluding carboxylic acids is 1. The van der Waals surface area contributed by atoms with Gasteiger partial charge in [-0.05, 0) is 6.16 Å². The molecule has 0 heterocycles. The monoisotopic (exact) mass is 183 g/mol. The van der Waals surface area contributed by atoms with Gasteiger partial charge in [-0.1, -0.05) is 0 Å². The molecule has 0 atom stereocenters. The van der Waals surface area contributed by atoms with Crippen LogP contribution in [0.5, 0.6) is 0 Å². The van der Waals surface area contributed by atoms with E-state index in [2.05, 4.69) is 0 Å². The normalized spacial score (nSPS) is 4.00. The molecule has 0 aromatic rings. The third-order valence-corrected chi connectivity index (χ3v) is 0. The van der Waals surface area contributed by atoms with Gasteiger partial charge in [-0.25, -0.2) is 0 Å². The SMILES string of the molecule is N.O=C([O-])[O-].[Pd+2]. The van der Waals surface area contributed by atoms with Gasteiger partial charge in [0.15, 0.2) is 0 Å². The fraction of sp³-hybridized carbons (Fsp3) is 0. The van der Waals surface area contributed by atoms with E-state index in [-0.39, 0.29) is 26.6 Å². The van der Waals surface area contributed by atoms with Crippen LogP contribution >= 0.6 is 0 Å². The van der Waals surface area contributed by atoms with Gasteiger partial charge in [0.05, 0.1) is 0 Å². The van der Waals surface area contributed by atoms with Crippen molar-refractivity contribution in [3.63, 3.8) is 0 Å². The maximum atomic E-state index is 8.33. The molecular formula is CH3NO3Pd. The topological polar surface area (TPSA) is 98.2 Å². The Labute approximate surface area is 48.4 Å². The van der Waals surface area contributed by atoms with Crippen LogP contribution in [0.25, 0.3) is 0 Å². The van der Waals surface area contributed by atoms with Gasteiger partial charge in [-0.2, -0.15) is 0 Å². The van der Waals surface area contributed by atoms with Crippen LogP contribution in [-0.4, -0.2) is 6.16 Å². The first-order chi connectivity index (χ1) is 1.73. The van der Waals surface area contributed by atoms with Crippen LogP contribution in [0.4, 0.5) is 4.79 Å². The number of hydrogen-bond donors (Lipinski definition) is 1. The Morgan fingerprint density at radius 3 is 1.33 bits per heavy atom. The maximum Gasteiger partial charge on any atom is 2.00 e. The van der Waals surface area contributed by atoms with Crippen molar-refractivity contribution in [2.24, 2.45) is 0 Å². The molecule has 3 N–H and O–H groups in total. The Morgan fingerprint density at radius 1 is 1.33 bits per heavy atom. The zero-order valence-electron chi connectivity index (χ0n) is 2.75. The van der Waals surface area contributed by atoms with E-state index in [1.165, 1.54) is 0 Å². The summed E-state index contributed by atoms with van der Waals surface area (Å²) in [5.74, 6) is 0. The van der Waals surface area contributed by atoms with Gasteiger partial charge >= 0.3 is 20.4 Å². The maximum absolute atomic E-state index is 8.33. The van der Waals surface area contributed by atoms with E-state index in [0.29, 0.717) is 0 Å². The molecule has 0 aromatic carbocycles. The summed E-state index contributed by atoms with van der Waals surface area (Å²) in [6.45, 7) is 0. The second-order valence-electron chi connectivity index (χ2n) is 0.250. The van der Waals surface area contributed by atoms with Gasteiger partial charge in [0, 0.05) is 0 Å². The summed E-state index contributed by atoms with van der Waals surface area (Å²) in [6, 6.07) is 0. The molecule has 0 saturated heterocycles. The second-order valence-corrected chi connectivity index (χ2v) is 0.250. The van der Waals surface area contributed by atoms with Gasteiger partial charge in [0.2, 0.25) is 0 Å². The van der Waals surface area contributed by atoms with E-state index in [9.17, 15) is 0 Å². The third kappa shape index (κ3) is 2810. The summed E-state index contributed by atoms with van der Waals surface area (Å²) in [5.41, 5.74) is 0. The smallest absolute Gasteiger partial charge is 0.652 e. The summed E-state index contributed by atoms with van der Waals surface area (Å²) in [4.78, 5) is 8.33. The largest absolute Gasteiger partial charge is 2.00 e. The zero-order chi connectivity index (χ0) is 3.58. The van der Waals surface area contributed by atoms with Crippen molar-refractivity contribution in [3.05, 3.63) is 0 Å². The van der Waals surface area contributed by atoms with Crippen molar-refractivity contribution in [3.8, 4) is 0 Å². The van der Waals surface area contributed by atoms with E-state index < -0.39 is 6.16 Å². The van der Waals surface area contributed by atoms with E-state index in [1.807, 2.05) is 0 Å². The number of carboxylic acid groups (broad SMARTS) is 2. The molecule has 6 heavy (non-hydrogen) atoms. The van der Waals surface area contributed by atoms with E-state index in [0.717, 1.165) is 0 Å². The van der Waals surface area contributed by atoms with Gasteiger partial charge < -0.3 is 21.2 Å². The van der Waals surface area contributed by atoms with Crippen LogP contribution in [0.2, 0.25) is 0 Å². The standard InChI is InChI=1S/CH2O3.H3N.Pd/c2-1(3)4;;/h(H2,2,3,4);1H3;/q;;+2/p-2. The Hall–Kier alpha value is -0.108. The van der Waals surface area contributed by atoms with Crippen LogP contribution in [-0.2, 0) is 20.4 Å². The average Bonchev–Trinajstić information content (AvgIpc) is 0.811. The molecule has 0 amide bonds. The van der Waals surface area contributed by atoms with Gasteiger partial charge in [-0.3, -0.25) is 0 Å². The first-order valence-electron chi connectivity index (χ1n) is 0.612. The Bertz CT molecular complexity index is 33.8. The number of carbonyl (C=O) groups is 1. The molecule has 0 aromatic heterocycles. The van der Waals surface area contributed by atoms with E-state index in [4.69, 9.17) is 15.0 Å². The van der Waals surface area contributed by atoms with Gasteiger partial charge in [0.1, 0.15) is 0 Å². The third-order valence-electron chi connectivity index (χ3n) is 0. The molecule has 0 unspecified atom stereocenters. The molecule has 0 saturated carbocycles.